The monoisotopic (exact) mass is 391 g/mol. The van der Waals surface area contributed by atoms with Crippen molar-refractivity contribution in [3.63, 3.8) is 0 Å². The van der Waals surface area contributed by atoms with Gasteiger partial charge in [-0.05, 0) is 51.8 Å². The second-order valence-electron chi connectivity index (χ2n) is 7.34. The number of amides is 2. The van der Waals surface area contributed by atoms with Crippen LogP contribution < -0.4 is 4.90 Å². The first kappa shape index (κ1) is 23.3. The number of esters is 1. The number of hydrogen-bond acceptors (Lipinski definition) is 6. The van der Waals surface area contributed by atoms with Crippen LogP contribution in [0, 0.1) is 0 Å². The molecule has 7 nitrogen and oxygen atoms in total. The number of carbonyl (C=O) groups excluding carboxylic acids is 4. The first-order chi connectivity index (χ1) is 13.2. The third kappa shape index (κ3) is 6.48. The first-order valence-electron chi connectivity index (χ1n) is 9.41. The topological polar surface area (TPSA) is 90.0 Å². The van der Waals surface area contributed by atoms with Crippen molar-refractivity contribution in [1.82, 2.24) is 0 Å². The van der Waals surface area contributed by atoms with Crippen LogP contribution in [-0.2, 0) is 19.1 Å². The second kappa shape index (κ2) is 10.6. The Hall–Kier alpha value is -2.70. The van der Waals surface area contributed by atoms with Crippen molar-refractivity contribution in [2.45, 2.75) is 65.4 Å². The number of nitrogens with zero attached hydrogens (tertiary/aromatic N) is 1. The molecule has 0 saturated heterocycles. The van der Waals surface area contributed by atoms with E-state index < -0.39 is 17.6 Å². The highest BCUT2D eigenvalue weighted by Crippen LogP contribution is 2.29. The summed E-state index contributed by atoms with van der Waals surface area (Å²) in [5.74, 6) is -0.876. The molecule has 0 spiro atoms. The van der Waals surface area contributed by atoms with E-state index in [1.165, 1.54) is 12.1 Å². The largest absolute Gasteiger partial charge is 0.466 e. The van der Waals surface area contributed by atoms with Crippen molar-refractivity contribution in [2.24, 2.45) is 0 Å². The van der Waals surface area contributed by atoms with E-state index in [0.717, 1.165) is 17.7 Å². The van der Waals surface area contributed by atoms with Gasteiger partial charge in [0.15, 0.2) is 6.29 Å². The summed E-state index contributed by atoms with van der Waals surface area (Å²) in [6, 6.07) is 4.61. The summed E-state index contributed by atoms with van der Waals surface area (Å²) in [5, 5.41) is 0. The van der Waals surface area contributed by atoms with Gasteiger partial charge in [0.05, 0.1) is 18.2 Å². The summed E-state index contributed by atoms with van der Waals surface area (Å²) in [4.78, 5) is 48.5. The molecule has 1 aromatic rings. The number of rotatable bonds is 9. The average Bonchev–Trinajstić information content (AvgIpc) is 2.62. The fourth-order valence-electron chi connectivity index (χ4n) is 2.68. The molecule has 154 valence electrons. The number of carbonyl (C=O) groups is 4. The molecule has 0 bridgehead atoms. The van der Waals surface area contributed by atoms with Gasteiger partial charge in [0, 0.05) is 5.56 Å². The lowest BCUT2D eigenvalue weighted by Gasteiger charge is -2.25. The van der Waals surface area contributed by atoms with Gasteiger partial charge < -0.3 is 9.47 Å². The Bertz CT molecular complexity index is 707. The first-order valence-corrected chi connectivity index (χ1v) is 9.41. The third-order valence-electron chi connectivity index (χ3n) is 3.95. The zero-order valence-electron chi connectivity index (χ0n) is 17.2. The number of hydrogen-bond donors (Lipinski definition) is 0. The number of ether oxygens (including phenoxy) is 2. The molecule has 1 aromatic carbocycles. The van der Waals surface area contributed by atoms with Crippen molar-refractivity contribution in [3.8, 4) is 0 Å². The maximum absolute atomic E-state index is 12.3. The summed E-state index contributed by atoms with van der Waals surface area (Å²) in [5.41, 5.74) is 0.0181. The quantitative estimate of drug-likeness (QED) is 0.462. The van der Waals surface area contributed by atoms with E-state index in [0.29, 0.717) is 24.7 Å². The average molecular weight is 391 g/mol. The fourth-order valence-corrected chi connectivity index (χ4v) is 2.68. The maximum atomic E-state index is 12.3. The fraction of sp³-hybridized carbons (Fsp3) is 0.524. The van der Waals surface area contributed by atoms with Gasteiger partial charge in [0.25, 0.3) is 0 Å². The Morgan fingerprint density at radius 2 is 1.86 bits per heavy atom. The van der Waals surface area contributed by atoms with E-state index in [4.69, 9.17) is 9.47 Å². The molecule has 0 heterocycles. The van der Waals surface area contributed by atoms with Gasteiger partial charge in [-0.2, -0.15) is 0 Å². The van der Waals surface area contributed by atoms with Crippen LogP contribution in [0.3, 0.4) is 0 Å². The number of imide groups is 1. The predicted octanol–water partition coefficient (Wildman–Crippen LogP) is 4.23. The van der Waals surface area contributed by atoms with E-state index >= 15 is 0 Å². The SMILES string of the molecule is CCCCC(C(=O)OCC)c1ccc(N(C=O)C(=O)OC(C)(C)C)c(C=O)c1. The molecule has 0 aliphatic carbocycles. The normalized spacial score (nSPS) is 12.0. The summed E-state index contributed by atoms with van der Waals surface area (Å²) in [7, 11) is 0. The maximum Gasteiger partial charge on any atom is 0.421 e. The van der Waals surface area contributed by atoms with E-state index in [1.54, 1.807) is 33.8 Å². The van der Waals surface area contributed by atoms with Crippen molar-refractivity contribution < 1.29 is 28.7 Å². The van der Waals surface area contributed by atoms with Gasteiger partial charge >= 0.3 is 12.1 Å². The lowest BCUT2D eigenvalue weighted by Crippen LogP contribution is -2.36. The molecule has 1 unspecified atom stereocenters. The van der Waals surface area contributed by atoms with Crippen LogP contribution >= 0.6 is 0 Å². The Balaban J connectivity index is 3.28. The number of unbranched alkanes of at least 4 members (excludes halogenated alkanes) is 1. The van der Waals surface area contributed by atoms with Crippen molar-refractivity contribution in [3.05, 3.63) is 29.3 Å². The van der Waals surface area contributed by atoms with Crippen LogP contribution in [0.1, 0.15) is 75.7 Å². The van der Waals surface area contributed by atoms with Crippen LogP contribution in [0.4, 0.5) is 10.5 Å². The van der Waals surface area contributed by atoms with Crippen LogP contribution in [0.2, 0.25) is 0 Å². The minimum absolute atomic E-state index is 0.0982. The smallest absolute Gasteiger partial charge is 0.421 e. The molecule has 0 aromatic heterocycles. The molecule has 1 rings (SSSR count). The Labute approximate surface area is 166 Å². The molecule has 28 heavy (non-hydrogen) atoms. The van der Waals surface area contributed by atoms with E-state index in [9.17, 15) is 19.2 Å². The molecule has 2 amide bonds. The Kier molecular flexibility index (Phi) is 8.82. The van der Waals surface area contributed by atoms with Gasteiger partial charge in [-0.25, -0.2) is 9.69 Å². The van der Waals surface area contributed by atoms with Crippen molar-refractivity contribution in [1.29, 1.82) is 0 Å². The van der Waals surface area contributed by atoms with Gasteiger partial charge in [0.2, 0.25) is 6.41 Å². The third-order valence-corrected chi connectivity index (χ3v) is 3.95. The highest BCUT2D eigenvalue weighted by Gasteiger charge is 2.27. The minimum Gasteiger partial charge on any atom is -0.466 e. The number of benzene rings is 1. The molecule has 0 fully saturated rings. The highest BCUT2D eigenvalue weighted by molar-refractivity contribution is 6.07. The molecule has 0 saturated carbocycles. The second-order valence-corrected chi connectivity index (χ2v) is 7.34. The van der Waals surface area contributed by atoms with Crippen LogP contribution in [0.15, 0.2) is 18.2 Å². The van der Waals surface area contributed by atoms with Gasteiger partial charge in [0.1, 0.15) is 5.60 Å². The Morgan fingerprint density at radius 3 is 2.36 bits per heavy atom. The number of anilines is 1. The molecule has 0 aliphatic heterocycles. The summed E-state index contributed by atoms with van der Waals surface area (Å²) < 4.78 is 10.4. The summed E-state index contributed by atoms with van der Waals surface area (Å²) in [6.07, 6.45) is 2.27. The molecule has 0 aliphatic rings. The lowest BCUT2D eigenvalue weighted by molar-refractivity contribution is -0.145. The van der Waals surface area contributed by atoms with Crippen LogP contribution in [0.5, 0.6) is 0 Å². The van der Waals surface area contributed by atoms with Gasteiger partial charge in [-0.1, -0.05) is 25.8 Å². The molecule has 1 atom stereocenters. The number of aldehydes is 1. The van der Waals surface area contributed by atoms with Crippen LogP contribution in [-0.4, -0.2) is 37.0 Å². The summed E-state index contributed by atoms with van der Waals surface area (Å²) in [6.45, 7) is 9.04. The molecule has 0 N–H and O–H groups in total. The van der Waals surface area contributed by atoms with E-state index in [2.05, 4.69) is 0 Å². The Morgan fingerprint density at radius 1 is 1.18 bits per heavy atom. The zero-order valence-corrected chi connectivity index (χ0v) is 17.2. The standard InChI is InChI=1S/C21H29NO6/c1-6-8-9-17(19(25)27-7-2)15-10-11-18(16(12-15)13-23)22(14-24)20(26)28-21(3,4)5/h10-14,17H,6-9H2,1-5H3. The minimum atomic E-state index is -0.883. The summed E-state index contributed by atoms with van der Waals surface area (Å²) >= 11 is 0. The van der Waals surface area contributed by atoms with E-state index in [1.807, 2.05) is 6.92 Å². The molecule has 7 heteroatoms. The predicted molar refractivity (Wildman–Crippen MR) is 106 cm³/mol. The highest BCUT2D eigenvalue weighted by atomic mass is 16.6. The van der Waals surface area contributed by atoms with Crippen LogP contribution in [0.25, 0.3) is 0 Å². The molecular formula is C21H29NO6. The lowest BCUT2D eigenvalue weighted by atomic mass is 9.92. The van der Waals surface area contributed by atoms with Crippen molar-refractivity contribution in [2.75, 3.05) is 11.5 Å². The zero-order chi connectivity index (χ0) is 21.3. The molecule has 0 radical (unpaired) electrons. The van der Waals surface area contributed by atoms with E-state index in [-0.39, 0.29) is 23.8 Å². The molecular weight excluding hydrogens is 362 g/mol. The van der Waals surface area contributed by atoms with Gasteiger partial charge in [-0.15, -0.1) is 0 Å². The van der Waals surface area contributed by atoms with Crippen molar-refractivity contribution >= 4 is 30.4 Å². The van der Waals surface area contributed by atoms with Gasteiger partial charge in [-0.3, -0.25) is 14.4 Å².